The highest BCUT2D eigenvalue weighted by atomic mass is 35.5. The smallest absolute Gasteiger partial charge is 0.338 e. The standard InChI is InChI=1S/C24H22ClFN4O5S/c1-34-23(33)17-15(8-30-16-9-35-10-24(16)7-13(19(24)30)22(31)32)28-20(21-27-4-5-36-21)29-18(17)12-3-2-11(26)6-14(12)25/h2-6,13,16,18-19H,7-10H2,1H3,(H,28,29)(H,31,32)/t13?,16?,18-,19?,24?/m0/s1. The van der Waals surface area contributed by atoms with E-state index in [0.717, 1.165) is 0 Å². The number of carbonyl (C=O) groups is 2. The van der Waals surface area contributed by atoms with Crippen LogP contribution in [0, 0.1) is 17.2 Å². The van der Waals surface area contributed by atoms with Crippen LogP contribution in [0.25, 0.3) is 0 Å². The molecular formula is C24H22ClFN4O5S. The van der Waals surface area contributed by atoms with Gasteiger partial charge in [-0.2, -0.15) is 0 Å². The average Bonchev–Trinajstić information content (AvgIpc) is 3.51. The number of piperidine rings is 1. The Morgan fingerprint density at radius 3 is 2.97 bits per heavy atom. The number of thiazole rings is 1. The maximum Gasteiger partial charge on any atom is 0.338 e. The second kappa shape index (κ2) is 8.62. The van der Waals surface area contributed by atoms with E-state index in [1.807, 2.05) is 5.38 Å². The summed E-state index contributed by atoms with van der Waals surface area (Å²) < 4.78 is 24.7. The zero-order chi connectivity index (χ0) is 25.2. The number of rotatable bonds is 6. The number of aliphatic imine (C=N–C) groups is 1. The molecule has 1 spiro atoms. The maximum atomic E-state index is 13.8. The van der Waals surface area contributed by atoms with Crippen LogP contribution in [-0.4, -0.2) is 71.7 Å². The summed E-state index contributed by atoms with van der Waals surface area (Å²) in [5.74, 6) is -2.00. The molecule has 4 unspecified atom stereocenters. The van der Waals surface area contributed by atoms with Gasteiger partial charge >= 0.3 is 11.9 Å². The molecule has 9 nitrogen and oxygen atoms in total. The summed E-state index contributed by atoms with van der Waals surface area (Å²) in [5, 5.41) is 15.5. The van der Waals surface area contributed by atoms with Crippen molar-refractivity contribution in [2.24, 2.45) is 16.3 Å². The number of nitrogens with one attached hydrogen (secondary N) is 1. The molecule has 1 aromatic heterocycles. The molecule has 0 bridgehead atoms. The fourth-order valence-electron chi connectivity index (χ4n) is 6.16. The van der Waals surface area contributed by atoms with E-state index in [9.17, 15) is 19.1 Å². The third kappa shape index (κ3) is 3.41. The molecule has 3 fully saturated rings. The lowest BCUT2D eigenvalue weighted by atomic mass is 9.48. The Morgan fingerprint density at radius 1 is 1.44 bits per heavy atom. The first-order chi connectivity index (χ1) is 17.3. The van der Waals surface area contributed by atoms with Gasteiger partial charge in [0.05, 0.1) is 31.8 Å². The van der Waals surface area contributed by atoms with Crippen LogP contribution in [0.15, 0.2) is 46.0 Å². The fourth-order valence-corrected chi connectivity index (χ4v) is 7.02. The Balaban J connectivity index is 1.43. The molecule has 1 aromatic carbocycles. The number of benzene rings is 1. The quantitative estimate of drug-likeness (QED) is 0.546. The Hall–Kier alpha value is -2.86. The van der Waals surface area contributed by atoms with Crippen molar-refractivity contribution < 1.29 is 28.6 Å². The summed E-state index contributed by atoms with van der Waals surface area (Å²) in [4.78, 5) is 36.2. The molecule has 2 aromatic rings. The number of halogens is 2. The number of nitrogens with zero attached hydrogens (tertiary/aromatic N) is 3. The van der Waals surface area contributed by atoms with Gasteiger partial charge in [-0.1, -0.05) is 17.7 Å². The minimum Gasteiger partial charge on any atom is -0.481 e. The molecule has 3 aliphatic heterocycles. The van der Waals surface area contributed by atoms with E-state index in [1.54, 1.807) is 6.20 Å². The predicted octanol–water partition coefficient (Wildman–Crippen LogP) is 2.63. The van der Waals surface area contributed by atoms with Crippen molar-refractivity contribution in [2.75, 3.05) is 26.9 Å². The van der Waals surface area contributed by atoms with Crippen LogP contribution in [0.2, 0.25) is 5.02 Å². The summed E-state index contributed by atoms with van der Waals surface area (Å²) in [6.45, 7) is 1.30. The lowest BCUT2D eigenvalue weighted by Crippen LogP contribution is -2.81. The average molecular weight is 533 g/mol. The first kappa shape index (κ1) is 23.5. The summed E-state index contributed by atoms with van der Waals surface area (Å²) in [7, 11) is 1.28. The molecule has 188 valence electrons. The number of carboxylic acids is 1. The van der Waals surface area contributed by atoms with Gasteiger partial charge in [0.15, 0.2) is 10.8 Å². The van der Waals surface area contributed by atoms with Crippen LogP contribution in [0.5, 0.6) is 0 Å². The van der Waals surface area contributed by atoms with Gasteiger partial charge in [-0.25, -0.2) is 14.2 Å². The second-order valence-corrected chi connectivity index (χ2v) is 10.7. The van der Waals surface area contributed by atoms with E-state index in [1.165, 1.54) is 36.6 Å². The van der Waals surface area contributed by atoms with E-state index in [2.05, 4.69) is 15.2 Å². The fraction of sp³-hybridized carbons (Fsp3) is 0.417. The number of aromatic nitrogens is 1. The number of carbonyl (C=O) groups excluding carboxylic acids is 1. The number of amidine groups is 1. The molecule has 36 heavy (non-hydrogen) atoms. The Labute approximate surface area is 214 Å². The zero-order valence-corrected chi connectivity index (χ0v) is 20.7. The second-order valence-electron chi connectivity index (χ2n) is 9.42. The SMILES string of the molecule is COC(=O)C1=C(CN2C3COCC34CC(C(=O)O)C24)NC(c2nccs2)=N[C@H]1c1ccc(F)cc1Cl. The third-order valence-corrected chi connectivity index (χ3v) is 8.83. The summed E-state index contributed by atoms with van der Waals surface area (Å²) in [5.41, 5.74) is 1.04. The first-order valence-electron chi connectivity index (χ1n) is 11.4. The largest absolute Gasteiger partial charge is 0.481 e. The number of carboxylic acid groups (broad SMARTS) is 1. The van der Waals surface area contributed by atoms with Crippen LogP contribution in [0.3, 0.4) is 0 Å². The number of aliphatic carboxylic acids is 1. The number of methoxy groups -OCH3 is 1. The van der Waals surface area contributed by atoms with Gasteiger partial charge in [0.25, 0.3) is 0 Å². The molecule has 1 aliphatic carbocycles. The molecule has 0 radical (unpaired) electrons. The minimum absolute atomic E-state index is 0.0568. The van der Waals surface area contributed by atoms with Gasteiger partial charge in [0.2, 0.25) is 0 Å². The van der Waals surface area contributed by atoms with E-state index in [-0.39, 0.29) is 34.6 Å². The Bertz CT molecular complexity index is 1320. The highest BCUT2D eigenvalue weighted by molar-refractivity contribution is 7.11. The third-order valence-electron chi connectivity index (χ3n) is 7.72. The van der Waals surface area contributed by atoms with Gasteiger partial charge in [-0.05, 0) is 18.6 Å². The number of ether oxygens (including phenoxy) is 2. The number of hydrogen-bond acceptors (Lipinski definition) is 9. The Morgan fingerprint density at radius 2 is 2.28 bits per heavy atom. The molecule has 12 heteroatoms. The van der Waals surface area contributed by atoms with Crippen molar-refractivity contribution in [3.05, 3.63) is 62.5 Å². The molecule has 4 heterocycles. The lowest BCUT2D eigenvalue weighted by molar-refractivity contribution is -0.222. The molecule has 2 N–H and O–H groups in total. The minimum atomic E-state index is -0.872. The molecule has 4 aliphatic rings. The topological polar surface area (TPSA) is 113 Å². The van der Waals surface area contributed by atoms with Crippen LogP contribution < -0.4 is 5.32 Å². The van der Waals surface area contributed by atoms with E-state index in [4.69, 9.17) is 26.1 Å². The van der Waals surface area contributed by atoms with Crippen LogP contribution >= 0.6 is 22.9 Å². The monoisotopic (exact) mass is 532 g/mol. The molecule has 6 rings (SSSR count). The normalized spacial score (nSPS) is 30.9. The molecular weight excluding hydrogens is 511 g/mol. The number of esters is 1. The first-order valence-corrected chi connectivity index (χ1v) is 12.7. The number of hydrogen-bond donors (Lipinski definition) is 2. The zero-order valence-electron chi connectivity index (χ0n) is 19.1. The van der Waals surface area contributed by atoms with Crippen LogP contribution in [0.1, 0.15) is 23.0 Å². The summed E-state index contributed by atoms with van der Waals surface area (Å²) >= 11 is 7.78. The van der Waals surface area contributed by atoms with Crippen LogP contribution in [0.4, 0.5) is 4.39 Å². The van der Waals surface area contributed by atoms with Crippen molar-refractivity contribution in [3.63, 3.8) is 0 Å². The van der Waals surface area contributed by atoms with Crippen molar-refractivity contribution >= 4 is 40.7 Å². The van der Waals surface area contributed by atoms with E-state index < -0.39 is 29.7 Å². The van der Waals surface area contributed by atoms with Gasteiger partial charge in [0.1, 0.15) is 11.9 Å². The molecule has 2 saturated heterocycles. The maximum absolute atomic E-state index is 13.8. The van der Waals surface area contributed by atoms with E-state index >= 15 is 0 Å². The van der Waals surface area contributed by atoms with Crippen molar-refractivity contribution in [1.29, 1.82) is 0 Å². The number of likely N-dealkylation sites (tertiary alicyclic amines) is 1. The van der Waals surface area contributed by atoms with Gasteiger partial charge in [0, 0.05) is 51.9 Å². The highest BCUT2D eigenvalue weighted by Gasteiger charge is 2.74. The Kier molecular flexibility index (Phi) is 5.63. The molecule has 5 atom stereocenters. The predicted molar refractivity (Wildman–Crippen MR) is 128 cm³/mol. The molecule has 1 saturated carbocycles. The summed E-state index contributed by atoms with van der Waals surface area (Å²) in [6.07, 6.45) is 2.24. The van der Waals surface area contributed by atoms with Crippen molar-refractivity contribution in [3.8, 4) is 0 Å². The van der Waals surface area contributed by atoms with Crippen molar-refractivity contribution in [1.82, 2.24) is 15.2 Å². The summed E-state index contributed by atoms with van der Waals surface area (Å²) in [6, 6.07) is 2.94. The van der Waals surface area contributed by atoms with Crippen molar-refractivity contribution in [2.45, 2.75) is 24.5 Å². The van der Waals surface area contributed by atoms with Crippen LogP contribution in [-0.2, 0) is 19.1 Å². The van der Waals surface area contributed by atoms with E-state index in [0.29, 0.717) is 41.7 Å². The molecule has 0 amide bonds. The highest BCUT2D eigenvalue weighted by Crippen LogP contribution is 2.63. The van der Waals surface area contributed by atoms with Gasteiger partial charge in [-0.15, -0.1) is 11.3 Å². The lowest BCUT2D eigenvalue weighted by Gasteiger charge is -2.69. The van der Waals surface area contributed by atoms with Gasteiger partial charge in [-0.3, -0.25) is 14.7 Å². The van der Waals surface area contributed by atoms with Gasteiger partial charge < -0.3 is 19.9 Å².